The highest BCUT2D eigenvalue weighted by Crippen LogP contribution is 2.23. The van der Waals surface area contributed by atoms with E-state index in [1.807, 2.05) is 29.2 Å². The topological polar surface area (TPSA) is 84.5 Å². The van der Waals surface area contributed by atoms with E-state index in [4.69, 9.17) is 0 Å². The zero-order chi connectivity index (χ0) is 22.0. The molecule has 0 saturated carbocycles. The van der Waals surface area contributed by atoms with E-state index < -0.39 is 4.92 Å². The molecule has 162 valence electrons. The Bertz CT molecular complexity index is 1070. The van der Waals surface area contributed by atoms with Crippen LogP contribution >= 0.6 is 11.3 Å². The van der Waals surface area contributed by atoms with Crippen LogP contribution in [0.2, 0.25) is 0 Å². The Morgan fingerprint density at radius 1 is 1.10 bits per heavy atom. The van der Waals surface area contributed by atoms with Crippen LogP contribution in [-0.4, -0.2) is 56.6 Å². The number of rotatable bonds is 6. The van der Waals surface area contributed by atoms with Crippen LogP contribution in [0.3, 0.4) is 0 Å². The van der Waals surface area contributed by atoms with Gasteiger partial charge in [-0.3, -0.25) is 24.5 Å². The summed E-state index contributed by atoms with van der Waals surface area (Å²) in [5.74, 6) is 0.0454. The first kappa shape index (κ1) is 21.2. The van der Waals surface area contributed by atoms with Crippen molar-refractivity contribution in [3.8, 4) is 0 Å². The number of carbonyl (C=O) groups is 1. The molecule has 31 heavy (non-hydrogen) atoms. The SMILES string of the molecule is Cc1nn(Cc2ccc(C(=O)N3CCN(Cc4cccs4)CC3)cc2)c(C)c1[N+](=O)[O-]. The van der Waals surface area contributed by atoms with E-state index in [1.54, 1.807) is 29.9 Å². The fraction of sp³-hybridized carbons (Fsp3) is 0.364. The summed E-state index contributed by atoms with van der Waals surface area (Å²) in [6.07, 6.45) is 0. The van der Waals surface area contributed by atoms with Crippen LogP contribution in [-0.2, 0) is 13.1 Å². The Labute approximate surface area is 184 Å². The molecule has 8 nitrogen and oxygen atoms in total. The first-order chi connectivity index (χ1) is 14.9. The normalized spacial score (nSPS) is 14.7. The Kier molecular flexibility index (Phi) is 6.15. The molecule has 1 amide bonds. The number of nitro groups is 1. The number of aromatic nitrogens is 2. The number of hydrogen-bond donors (Lipinski definition) is 0. The second-order valence-corrected chi connectivity index (χ2v) is 8.81. The molecule has 1 aliphatic heterocycles. The molecule has 0 spiro atoms. The van der Waals surface area contributed by atoms with Gasteiger partial charge in [-0.2, -0.15) is 5.10 Å². The molecule has 0 atom stereocenters. The Morgan fingerprint density at radius 3 is 2.39 bits per heavy atom. The first-order valence-electron chi connectivity index (χ1n) is 10.2. The largest absolute Gasteiger partial charge is 0.336 e. The van der Waals surface area contributed by atoms with Crippen LogP contribution in [0, 0.1) is 24.0 Å². The van der Waals surface area contributed by atoms with E-state index >= 15 is 0 Å². The van der Waals surface area contributed by atoms with Crippen LogP contribution in [0.4, 0.5) is 5.69 Å². The summed E-state index contributed by atoms with van der Waals surface area (Å²) < 4.78 is 1.64. The highest BCUT2D eigenvalue weighted by molar-refractivity contribution is 7.09. The third-order valence-electron chi connectivity index (χ3n) is 5.68. The fourth-order valence-electron chi connectivity index (χ4n) is 3.95. The molecular weight excluding hydrogens is 414 g/mol. The lowest BCUT2D eigenvalue weighted by molar-refractivity contribution is -0.386. The van der Waals surface area contributed by atoms with Crippen LogP contribution in [0.25, 0.3) is 0 Å². The maximum atomic E-state index is 12.9. The lowest BCUT2D eigenvalue weighted by atomic mass is 10.1. The van der Waals surface area contributed by atoms with Gasteiger partial charge in [-0.15, -0.1) is 11.3 Å². The number of carbonyl (C=O) groups excluding carboxylic acids is 1. The molecule has 0 radical (unpaired) electrons. The van der Waals surface area contributed by atoms with Crippen LogP contribution in [0.1, 0.15) is 32.2 Å². The van der Waals surface area contributed by atoms with Gasteiger partial charge in [0.05, 0.1) is 11.5 Å². The van der Waals surface area contributed by atoms with E-state index in [0.717, 1.165) is 38.3 Å². The van der Waals surface area contributed by atoms with Gasteiger partial charge in [-0.05, 0) is 43.0 Å². The lowest BCUT2D eigenvalue weighted by Crippen LogP contribution is -2.48. The lowest BCUT2D eigenvalue weighted by Gasteiger charge is -2.34. The quantitative estimate of drug-likeness (QED) is 0.434. The third-order valence-corrected chi connectivity index (χ3v) is 6.54. The van der Waals surface area contributed by atoms with Crippen molar-refractivity contribution in [1.29, 1.82) is 0 Å². The summed E-state index contributed by atoms with van der Waals surface area (Å²) >= 11 is 1.76. The van der Waals surface area contributed by atoms with Crippen molar-refractivity contribution in [2.75, 3.05) is 26.2 Å². The standard InChI is InChI=1S/C22H25N5O3S/c1-16-21(27(29)30)17(2)26(23-16)14-18-5-7-19(8-6-18)22(28)25-11-9-24(10-12-25)15-20-4-3-13-31-20/h3-8,13H,9-12,14-15H2,1-2H3. The summed E-state index contributed by atoms with van der Waals surface area (Å²) in [4.78, 5) is 29.3. The van der Waals surface area contributed by atoms with Crippen LogP contribution < -0.4 is 0 Å². The van der Waals surface area contributed by atoms with E-state index in [0.29, 0.717) is 23.5 Å². The predicted molar refractivity (Wildman–Crippen MR) is 119 cm³/mol. The van der Waals surface area contributed by atoms with Crippen molar-refractivity contribution in [3.05, 3.63) is 79.3 Å². The highest BCUT2D eigenvalue weighted by Gasteiger charge is 2.23. The average molecular weight is 440 g/mol. The molecule has 0 N–H and O–H groups in total. The minimum absolute atomic E-state index is 0.0454. The monoisotopic (exact) mass is 439 g/mol. The fourth-order valence-corrected chi connectivity index (χ4v) is 4.69. The Hall–Kier alpha value is -3.04. The molecule has 1 saturated heterocycles. The van der Waals surface area contributed by atoms with E-state index in [-0.39, 0.29) is 11.6 Å². The third kappa shape index (κ3) is 4.67. The molecule has 0 aliphatic carbocycles. The molecule has 3 aromatic rings. The van der Waals surface area contributed by atoms with Gasteiger partial charge in [0.1, 0.15) is 11.4 Å². The van der Waals surface area contributed by atoms with Crippen molar-refractivity contribution < 1.29 is 9.72 Å². The molecule has 0 bridgehead atoms. The van der Waals surface area contributed by atoms with Crippen molar-refractivity contribution in [1.82, 2.24) is 19.6 Å². The molecule has 0 unspecified atom stereocenters. The molecule has 3 heterocycles. The molecular formula is C22H25N5O3S. The van der Waals surface area contributed by atoms with Gasteiger partial charge in [-0.25, -0.2) is 0 Å². The van der Waals surface area contributed by atoms with Gasteiger partial charge in [-0.1, -0.05) is 18.2 Å². The molecule has 4 rings (SSSR count). The molecule has 1 aromatic carbocycles. The van der Waals surface area contributed by atoms with Gasteiger partial charge in [0.15, 0.2) is 0 Å². The Balaban J connectivity index is 1.36. The molecule has 1 aliphatic rings. The number of hydrogen-bond acceptors (Lipinski definition) is 6. The summed E-state index contributed by atoms with van der Waals surface area (Å²) in [6, 6.07) is 11.7. The number of benzene rings is 1. The van der Waals surface area contributed by atoms with Crippen molar-refractivity contribution in [2.45, 2.75) is 26.9 Å². The smallest absolute Gasteiger partial charge is 0.312 e. The highest BCUT2D eigenvalue weighted by atomic mass is 32.1. The maximum absolute atomic E-state index is 12.9. The number of nitrogens with zero attached hydrogens (tertiary/aromatic N) is 5. The summed E-state index contributed by atoms with van der Waals surface area (Å²) in [6.45, 7) is 7.91. The van der Waals surface area contributed by atoms with Crippen LogP contribution in [0.5, 0.6) is 0 Å². The number of piperazine rings is 1. The van der Waals surface area contributed by atoms with Crippen molar-refractivity contribution in [2.24, 2.45) is 0 Å². The minimum Gasteiger partial charge on any atom is -0.336 e. The van der Waals surface area contributed by atoms with Crippen LogP contribution in [0.15, 0.2) is 41.8 Å². The van der Waals surface area contributed by atoms with E-state index in [9.17, 15) is 14.9 Å². The minimum atomic E-state index is -0.393. The van der Waals surface area contributed by atoms with Crippen molar-refractivity contribution >= 4 is 22.9 Å². The van der Waals surface area contributed by atoms with Gasteiger partial charge in [0.2, 0.25) is 0 Å². The number of amides is 1. The summed E-state index contributed by atoms with van der Waals surface area (Å²) in [5.41, 5.74) is 2.60. The first-order valence-corrected chi connectivity index (χ1v) is 11.1. The van der Waals surface area contributed by atoms with E-state index in [1.165, 1.54) is 4.88 Å². The summed E-state index contributed by atoms with van der Waals surface area (Å²) in [7, 11) is 0. The molecule has 1 fully saturated rings. The number of thiophene rings is 1. The second-order valence-electron chi connectivity index (χ2n) is 7.78. The summed E-state index contributed by atoms with van der Waals surface area (Å²) in [5, 5.41) is 17.6. The predicted octanol–water partition coefficient (Wildman–Crippen LogP) is 3.48. The second kappa shape index (κ2) is 8.99. The maximum Gasteiger partial charge on any atom is 0.312 e. The van der Waals surface area contributed by atoms with Gasteiger partial charge >= 0.3 is 5.69 Å². The van der Waals surface area contributed by atoms with Gasteiger partial charge < -0.3 is 4.90 Å². The zero-order valence-corrected chi connectivity index (χ0v) is 18.5. The Morgan fingerprint density at radius 2 is 1.81 bits per heavy atom. The number of aryl methyl sites for hydroxylation is 1. The molecule has 2 aromatic heterocycles. The van der Waals surface area contributed by atoms with Crippen molar-refractivity contribution in [3.63, 3.8) is 0 Å². The average Bonchev–Trinajstić information content (AvgIpc) is 3.36. The zero-order valence-electron chi connectivity index (χ0n) is 17.7. The van der Waals surface area contributed by atoms with Gasteiger partial charge in [0.25, 0.3) is 5.91 Å². The van der Waals surface area contributed by atoms with Gasteiger partial charge in [0, 0.05) is 43.2 Å². The molecule has 9 heteroatoms. The van der Waals surface area contributed by atoms with E-state index in [2.05, 4.69) is 27.5 Å².